The summed E-state index contributed by atoms with van der Waals surface area (Å²) in [4.78, 5) is 8.92. The molecule has 2 heterocycles. The smallest absolute Gasteiger partial charge is 0.110 e. The fourth-order valence-electron chi connectivity index (χ4n) is 2.47. The molecule has 0 aliphatic carbocycles. The molecule has 0 aliphatic rings. The summed E-state index contributed by atoms with van der Waals surface area (Å²) in [5, 5.41) is 3.55. The lowest BCUT2D eigenvalue weighted by Crippen LogP contribution is -2.34. The van der Waals surface area contributed by atoms with Crippen LogP contribution in [0, 0.1) is 0 Å². The number of nitrogens with zero attached hydrogens (tertiary/aromatic N) is 3. The van der Waals surface area contributed by atoms with Crippen molar-refractivity contribution < 1.29 is 0 Å². The van der Waals surface area contributed by atoms with Gasteiger partial charge in [-0.25, -0.2) is 4.98 Å². The molecule has 1 atom stereocenters. The third-order valence-corrected chi connectivity index (χ3v) is 3.37. The number of imidazole rings is 1. The van der Waals surface area contributed by atoms with Gasteiger partial charge in [0.15, 0.2) is 0 Å². The molecule has 2 rings (SSSR count). The number of aryl methyl sites for hydroxylation is 1. The number of likely N-dealkylation sites (N-methyl/N-ethyl adjacent to an activating group) is 1. The number of hydrogen-bond donors (Lipinski definition) is 1. The highest BCUT2D eigenvalue weighted by molar-refractivity contribution is 5.07. The van der Waals surface area contributed by atoms with Crippen molar-refractivity contribution in [2.24, 2.45) is 0 Å². The zero-order valence-electron chi connectivity index (χ0n) is 12.4. The zero-order valence-corrected chi connectivity index (χ0v) is 12.4. The zero-order chi connectivity index (χ0) is 14.2. The number of hydrogen-bond acceptors (Lipinski definition) is 3. The first-order valence-electron chi connectivity index (χ1n) is 7.46. The Balaban J connectivity index is 2.03. The standard InChI is InChI=1S/C16H24N4/c1-3-10-20-11-9-19-16(20)13-15(17-4-2)12-14-7-5-6-8-18-14/h5-9,11,15,17H,3-4,10,12-13H2,1-2H3. The summed E-state index contributed by atoms with van der Waals surface area (Å²) in [7, 11) is 0. The number of nitrogens with one attached hydrogen (secondary N) is 1. The molecule has 0 saturated heterocycles. The van der Waals surface area contributed by atoms with Gasteiger partial charge in [-0.15, -0.1) is 0 Å². The van der Waals surface area contributed by atoms with Gasteiger partial charge in [0.25, 0.3) is 0 Å². The first-order chi connectivity index (χ1) is 9.83. The number of aromatic nitrogens is 3. The van der Waals surface area contributed by atoms with Crippen LogP contribution in [0.5, 0.6) is 0 Å². The maximum absolute atomic E-state index is 4.50. The number of rotatable bonds is 8. The average Bonchev–Trinajstić information content (AvgIpc) is 2.88. The molecule has 4 nitrogen and oxygen atoms in total. The van der Waals surface area contributed by atoms with Crippen LogP contribution in [0.15, 0.2) is 36.8 Å². The van der Waals surface area contributed by atoms with Crippen LogP contribution in [-0.4, -0.2) is 27.1 Å². The quantitative estimate of drug-likeness (QED) is 0.802. The summed E-state index contributed by atoms with van der Waals surface area (Å²) in [5.74, 6) is 1.16. The fourth-order valence-corrected chi connectivity index (χ4v) is 2.47. The Bertz CT molecular complexity index is 492. The van der Waals surface area contributed by atoms with Gasteiger partial charge in [0.1, 0.15) is 5.82 Å². The van der Waals surface area contributed by atoms with Gasteiger partial charge < -0.3 is 9.88 Å². The third-order valence-electron chi connectivity index (χ3n) is 3.37. The van der Waals surface area contributed by atoms with E-state index in [1.807, 2.05) is 24.5 Å². The molecule has 0 aromatic carbocycles. The summed E-state index contributed by atoms with van der Waals surface area (Å²) in [5.41, 5.74) is 1.13. The van der Waals surface area contributed by atoms with Crippen LogP contribution in [0.1, 0.15) is 31.8 Å². The van der Waals surface area contributed by atoms with Crippen LogP contribution in [0.25, 0.3) is 0 Å². The van der Waals surface area contributed by atoms with Gasteiger partial charge in [0, 0.05) is 49.7 Å². The summed E-state index contributed by atoms with van der Waals surface area (Å²) < 4.78 is 2.25. The van der Waals surface area contributed by atoms with E-state index < -0.39 is 0 Å². The molecule has 108 valence electrons. The minimum Gasteiger partial charge on any atom is -0.335 e. The van der Waals surface area contributed by atoms with Crippen LogP contribution in [0.3, 0.4) is 0 Å². The van der Waals surface area contributed by atoms with Gasteiger partial charge in [-0.05, 0) is 25.1 Å². The molecule has 0 spiro atoms. The van der Waals surface area contributed by atoms with Crippen LogP contribution in [-0.2, 0) is 19.4 Å². The molecule has 1 N–H and O–H groups in total. The van der Waals surface area contributed by atoms with Crippen LogP contribution in [0.2, 0.25) is 0 Å². The van der Waals surface area contributed by atoms with Crippen molar-refractivity contribution in [3.63, 3.8) is 0 Å². The summed E-state index contributed by atoms with van der Waals surface area (Å²) >= 11 is 0. The van der Waals surface area contributed by atoms with E-state index in [-0.39, 0.29) is 0 Å². The second-order valence-electron chi connectivity index (χ2n) is 5.02. The van der Waals surface area contributed by atoms with E-state index in [0.29, 0.717) is 6.04 Å². The molecule has 4 heteroatoms. The van der Waals surface area contributed by atoms with Gasteiger partial charge in [0.2, 0.25) is 0 Å². The van der Waals surface area contributed by atoms with Crippen molar-refractivity contribution in [2.75, 3.05) is 6.54 Å². The van der Waals surface area contributed by atoms with Gasteiger partial charge in [-0.2, -0.15) is 0 Å². The lowest BCUT2D eigenvalue weighted by molar-refractivity contribution is 0.491. The molecule has 0 bridgehead atoms. The molecule has 1 unspecified atom stereocenters. The number of pyridine rings is 1. The predicted molar refractivity (Wildman–Crippen MR) is 81.6 cm³/mol. The Morgan fingerprint density at radius 1 is 1.15 bits per heavy atom. The SMILES string of the molecule is CCCn1ccnc1CC(Cc1ccccn1)NCC. The summed E-state index contributed by atoms with van der Waals surface area (Å²) in [6, 6.07) is 6.47. The van der Waals surface area contributed by atoms with E-state index in [0.717, 1.165) is 43.9 Å². The highest BCUT2D eigenvalue weighted by atomic mass is 15.1. The van der Waals surface area contributed by atoms with Crippen molar-refractivity contribution in [1.29, 1.82) is 0 Å². The lowest BCUT2D eigenvalue weighted by Gasteiger charge is -2.18. The van der Waals surface area contributed by atoms with Gasteiger partial charge >= 0.3 is 0 Å². The van der Waals surface area contributed by atoms with E-state index in [2.05, 4.69) is 46.0 Å². The molecule has 0 amide bonds. The second kappa shape index (κ2) is 7.80. The van der Waals surface area contributed by atoms with Crippen LogP contribution in [0.4, 0.5) is 0 Å². The first kappa shape index (κ1) is 14.7. The predicted octanol–water partition coefficient (Wildman–Crippen LogP) is 2.45. The molecule has 0 radical (unpaired) electrons. The van der Waals surface area contributed by atoms with Crippen molar-refractivity contribution in [2.45, 2.75) is 45.7 Å². The van der Waals surface area contributed by atoms with E-state index in [4.69, 9.17) is 0 Å². The van der Waals surface area contributed by atoms with E-state index >= 15 is 0 Å². The van der Waals surface area contributed by atoms with Crippen molar-refractivity contribution in [1.82, 2.24) is 19.9 Å². The van der Waals surface area contributed by atoms with E-state index in [9.17, 15) is 0 Å². The Hall–Kier alpha value is -1.68. The monoisotopic (exact) mass is 272 g/mol. The topological polar surface area (TPSA) is 42.7 Å². The minimum absolute atomic E-state index is 0.382. The molecule has 0 saturated carbocycles. The maximum atomic E-state index is 4.50. The van der Waals surface area contributed by atoms with Crippen LogP contribution >= 0.6 is 0 Å². The molecule has 2 aromatic rings. The molecule has 2 aromatic heterocycles. The lowest BCUT2D eigenvalue weighted by atomic mass is 10.1. The minimum atomic E-state index is 0.382. The van der Waals surface area contributed by atoms with Crippen molar-refractivity contribution in [3.8, 4) is 0 Å². The largest absolute Gasteiger partial charge is 0.335 e. The Morgan fingerprint density at radius 2 is 2.05 bits per heavy atom. The van der Waals surface area contributed by atoms with E-state index in [1.54, 1.807) is 0 Å². The third kappa shape index (κ3) is 4.17. The Morgan fingerprint density at radius 3 is 2.75 bits per heavy atom. The second-order valence-corrected chi connectivity index (χ2v) is 5.02. The maximum Gasteiger partial charge on any atom is 0.110 e. The van der Waals surface area contributed by atoms with Gasteiger partial charge in [-0.3, -0.25) is 4.98 Å². The van der Waals surface area contributed by atoms with Crippen molar-refractivity contribution >= 4 is 0 Å². The van der Waals surface area contributed by atoms with Crippen molar-refractivity contribution in [3.05, 3.63) is 48.3 Å². The Kier molecular flexibility index (Phi) is 5.74. The highest BCUT2D eigenvalue weighted by Crippen LogP contribution is 2.07. The van der Waals surface area contributed by atoms with Gasteiger partial charge in [-0.1, -0.05) is 19.9 Å². The average molecular weight is 272 g/mol. The molecule has 0 fully saturated rings. The summed E-state index contributed by atoms with van der Waals surface area (Å²) in [6.45, 7) is 6.34. The first-order valence-corrected chi connectivity index (χ1v) is 7.46. The summed E-state index contributed by atoms with van der Waals surface area (Å²) in [6.07, 6.45) is 8.84. The molecule has 20 heavy (non-hydrogen) atoms. The molecular weight excluding hydrogens is 248 g/mol. The van der Waals surface area contributed by atoms with Crippen LogP contribution < -0.4 is 5.32 Å². The van der Waals surface area contributed by atoms with Gasteiger partial charge in [0.05, 0.1) is 0 Å². The molecule has 0 aliphatic heterocycles. The molecular formula is C16H24N4. The Labute approximate surface area is 121 Å². The van der Waals surface area contributed by atoms with E-state index in [1.165, 1.54) is 0 Å². The highest BCUT2D eigenvalue weighted by Gasteiger charge is 2.13. The normalized spacial score (nSPS) is 12.5. The fraction of sp³-hybridized carbons (Fsp3) is 0.500.